The molecule has 0 radical (unpaired) electrons. The van der Waals surface area contributed by atoms with Gasteiger partial charge in [-0.2, -0.15) is 13.5 Å². The number of carbonyl (C=O) groups is 1. The van der Waals surface area contributed by atoms with Gasteiger partial charge in [-0.3, -0.25) is 0 Å². The van der Waals surface area contributed by atoms with E-state index >= 15 is 0 Å². The minimum absolute atomic E-state index is 0.130. The Labute approximate surface area is 174 Å². The lowest BCUT2D eigenvalue weighted by Crippen LogP contribution is -2.18. The summed E-state index contributed by atoms with van der Waals surface area (Å²) in [7, 11) is -3.77. The van der Waals surface area contributed by atoms with Crippen molar-refractivity contribution in [2.24, 2.45) is 5.10 Å². The average Bonchev–Trinajstić information content (AvgIpc) is 2.71. The highest BCUT2D eigenvalue weighted by atomic mass is 32.2. The summed E-state index contributed by atoms with van der Waals surface area (Å²) in [5.74, 6) is -0.766. The molecule has 0 aliphatic rings. The van der Waals surface area contributed by atoms with Crippen molar-refractivity contribution in [2.75, 3.05) is 0 Å². The third-order valence-corrected chi connectivity index (χ3v) is 5.57. The van der Waals surface area contributed by atoms with Gasteiger partial charge >= 0.3 is 5.97 Å². The third-order valence-electron chi connectivity index (χ3n) is 4.35. The van der Waals surface area contributed by atoms with E-state index in [1.165, 1.54) is 36.5 Å². The number of sulfonamides is 1. The highest BCUT2D eigenvalue weighted by Gasteiger charge is 2.13. The summed E-state index contributed by atoms with van der Waals surface area (Å²) in [4.78, 5) is 14.3. The molecule has 3 aromatic rings. The predicted molar refractivity (Wildman–Crippen MR) is 112 cm³/mol. The van der Waals surface area contributed by atoms with Gasteiger partial charge in [-0.15, -0.1) is 0 Å². The second kappa shape index (κ2) is 8.87. The summed E-state index contributed by atoms with van der Waals surface area (Å²) >= 11 is 0. The van der Waals surface area contributed by atoms with E-state index in [0.717, 1.165) is 11.1 Å². The van der Waals surface area contributed by atoms with E-state index in [-0.39, 0.29) is 16.2 Å². The summed E-state index contributed by atoms with van der Waals surface area (Å²) < 4.78 is 42.8. The number of rotatable bonds is 6. The van der Waals surface area contributed by atoms with Gasteiger partial charge < -0.3 is 4.74 Å². The molecule has 3 rings (SSSR count). The first-order valence-electron chi connectivity index (χ1n) is 8.94. The Morgan fingerprint density at radius 3 is 2.27 bits per heavy atom. The fourth-order valence-corrected chi connectivity index (χ4v) is 3.35. The zero-order valence-electron chi connectivity index (χ0n) is 16.3. The van der Waals surface area contributed by atoms with Crippen molar-refractivity contribution in [2.45, 2.75) is 18.7 Å². The largest absolute Gasteiger partial charge is 0.423 e. The molecule has 0 aliphatic heterocycles. The van der Waals surface area contributed by atoms with Crippen LogP contribution < -0.4 is 9.57 Å². The van der Waals surface area contributed by atoms with Gasteiger partial charge in [0, 0.05) is 0 Å². The van der Waals surface area contributed by atoms with Gasteiger partial charge in [0.2, 0.25) is 0 Å². The summed E-state index contributed by atoms with van der Waals surface area (Å²) in [6.07, 6.45) is 1.34. The summed E-state index contributed by atoms with van der Waals surface area (Å²) in [5.41, 5.74) is 2.69. The van der Waals surface area contributed by atoms with E-state index in [2.05, 4.69) is 9.93 Å². The van der Waals surface area contributed by atoms with Gasteiger partial charge in [-0.25, -0.2) is 14.0 Å². The molecule has 6 nitrogen and oxygen atoms in total. The molecule has 0 atom stereocenters. The maximum absolute atomic E-state index is 12.9. The topological polar surface area (TPSA) is 84.8 Å². The minimum atomic E-state index is -3.77. The van der Waals surface area contributed by atoms with Crippen molar-refractivity contribution in [3.05, 3.63) is 94.8 Å². The molecule has 0 unspecified atom stereocenters. The van der Waals surface area contributed by atoms with Crippen LogP contribution in [0.3, 0.4) is 0 Å². The van der Waals surface area contributed by atoms with E-state index in [9.17, 15) is 17.6 Å². The Balaban J connectivity index is 1.62. The number of nitrogens with one attached hydrogen (secondary N) is 1. The lowest BCUT2D eigenvalue weighted by Gasteiger charge is -2.06. The van der Waals surface area contributed by atoms with E-state index in [1.807, 2.05) is 13.8 Å². The number of carbonyl (C=O) groups excluding carboxylic acids is 1. The number of ether oxygens (including phenoxy) is 1. The van der Waals surface area contributed by atoms with Crippen molar-refractivity contribution in [1.82, 2.24) is 4.83 Å². The lowest BCUT2D eigenvalue weighted by atomic mass is 10.1. The normalized spacial score (nSPS) is 11.4. The van der Waals surface area contributed by atoms with Gasteiger partial charge in [0.05, 0.1) is 16.7 Å². The van der Waals surface area contributed by atoms with Gasteiger partial charge in [0.15, 0.2) is 0 Å². The van der Waals surface area contributed by atoms with Crippen LogP contribution in [0.4, 0.5) is 4.39 Å². The monoisotopic (exact) mass is 426 g/mol. The SMILES string of the molecule is Cc1ccc(S(=O)(=O)N/N=C/c2ccc(OC(=O)c3ccc(F)cc3)cc2)cc1C. The number of nitrogens with zero attached hydrogens (tertiary/aromatic N) is 1. The second-order valence-electron chi connectivity index (χ2n) is 6.56. The van der Waals surface area contributed by atoms with Crippen LogP contribution in [-0.4, -0.2) is 20.6 Å². The molecule has 154 valence electrons. The zero-order chi connectivity index (χ0) is 21.7. The van der Waals surface area contributed by atoms with Crippen LogP contribution >= 0.6 is 0 Å². The van der Waals surface area contributed by atoms with E-state index in [0.29, 0.717) is 5.56 Å². The summed E-state index contributed by atoms with van der Waals surface area (Å²) in [6.45, 7) is 3.74. The zero-order valence-corrected chi connectivity index (χ0v) is 17.1. The summed E-state index contributed by atoms with van der Waals surface area (Å²) in [6, 6.07) is 16.2. The Morgan fingerprint density at radius 1 is 0.967 bits per heavy atom. The number of hydrazone groups is 1. The molecule has 1 N–H and O–H groups in total. The van der Waals surface area contributed by atoms with Crippen molar-refractivity contribution in [3.8, 4) is 5.75 Å². The first kappa shape index (κ1) is 21.2. The Hall–Kier alpha value is -3.52. The Kier molecular flexibility index (Phi) is 6.27. The molecule has 3 aromatic carbocycles. The number of hydrogen-bond donors (Lipinski definition) is 1. The molecule has 0 aliphatic carbocycles. The van der Waals surface area contributed by atoms with Gasteiger partial charge in [-0.05, 0) is 91.2 Å². The van der Waals surface area contributed by atoms with Crippen LogP contribution in [-0.2, 0) is 10.0 Å². The molecule has 0 heterocycles. The maximum Gasteiger partial charge on any atom is 0.343 e. The molecule has 0 aromatic heterocycles. The van der Waals surface area contributed by atoms with Crippen LogP contribution in [0.15, 0.2) is 76.7 Å². The number of esters is 1. The highest BCUT2D eigenvalue weighted by Crippen LogP contribution is 2.16. The fourth-order valence-electron chi connectivity index (χ4n) is 2.48. The molecule has 0 bridgehead atoms. The molecule has 0 saturated carbocycles. The first-order valence-corrected chi connectivity index (χ1v) is 10.4. The lowest BCUT2D eigenvalue weighted by molar-refractivity contribution is 0.0734. The standard InChI is InChI=1S/C22H19FN2O4S/c1-15-3-12-21(13-16(15)2)30(27,28)25-24-14-17-4-10-20(11-5-17)29-22(26)18-6-8-19(23)9-7-18/h3-14,25H,1-2H3/b24-14+. The van der Waals surface area contributed by atoms with Gasteiger partial charge in [-0.1, -0.05) is 6.07 Å². The molecular weight excluding hydrogens is 407 g/mol. The predicted octanol–water partition coefficient (Wildman–Crippen LogP) is 3.97. The van der Waals surface area contributed by atoms with Crippen molar-refractivity contribution in [1.29, 1.82) is 0 Å². The fraction of sp³-hybridized carbons (Fsp3) is 0.0909. The van der Waals surface area contributed by atoms with Crippen LogP contribution in [0.1, 0.15) is 27.0 Å². The number of benzene rings is 3. The van der Waals surface area contributed by atoms with E-state index in [1.54, 1.807) is 36.4 Å². The van der Waals surface area contributed by atoms with Crippen LogP contribution in [0, 0.1) is 19.7 Å². The van der Waals surface area contributed by atoms with Gasteiger partial charge in [0.25, 0.3) is 10.0 Å². The molecule has 0 saturated heterocycles. The van der Waals surface area contributed by atoms with Crippen LogP contribution in [0.2, 0.25) is 0 Å². The maximum atomic E-state index is 12.9. The van der Waals surface area contributed by atoms with Crippen molar-refractivity contribution in [3.63, 3.8) is 0 Å². The molecule has 0 fully saturated rings. The quantitative estimate of drug-likeness (QED) is 0.280. The van der Waals surface area contributed by atoms with Crippen LogP contribution in [0.25, 0.3) is 0 Å². The Morgan fingerprint density at radius 2 is 1.63 bits per heavy atom. The molecular formula is C22H19FN2O4S. The van der Waals surface area contributed by atoms with E-state index < -0.39 is 21.8 Å². The molecule has 0 spiro atoms. The second-order valence-corrected chi connectivity index (χ2v) is 8.23. The molecule has 0 amide bonds. The van der Waals surface area contributed by atoms with Crippen LogP contribution in [0.5, 0.6) is 5.75 Å². The molecule has 8 heteroatoms. The first-order chi connectivity index (χ1) is 14.2. The number of halogens is 1. The smallest absolute Gasteiger partial charge is 0.343 e. The summed E-state index contributed by atoms with van der Waals surface area (Å²) in [5, 5.41) is 3.78. The average molecular weight is 426 g/mol. The number of hydrogen-bond acceptors (Lipinski definition) is 5. The molecule has 30 heavy (non-hydrogen) atoms. The van der Waals surface area contributed by atoms with Gasteiger partial charge in [0.1, 0.15) is 11.6 Å². The van der Waals surface area contributed by atoms with E-state index in [4.69, 9.17) is 4.74 Å². The minimum Gasteiger partial charge on any atom is -0.423 e. The number of aryl methyl sites for hydroxylation is 2. The van der Waals surface area contributed by atoms with Crippen molar-refractivity contribution < 1.29 is 22.3 Å². The highest BCUT2D eigenvalue weighted by molar-refractivity contribution is 7.89. The third kappa shape index (κ3) is 5.30. The Bertz CT molecular complexity index is 1190. The van der Waals surface area contributed by atoms with Crippen molar-refractivity contribution >= 4 is 22.2 Å².